The van der Waals surface area contributed by atoms with Crippen LogP contribution in [-0.4, -0.2) is 49.9 Å². The zero-order chi connectivity index (χ0) is 25.6. The van der Waals surface area contributed by atoms with Crippen LogP contribution in [-0.2, 0) is 0 Å². The van der Waals surface area contributed by atoms with Gasteiger partial charge < -0.3 is 31.9 Å². The van der Waals surface area contributed by atoms with Gasteiger partial charge >= 0.3 is 12.1 Å². The molecule has 204 valence electrons. The van der Waals surface area contributed by atoms with Gasteiger partial charge in [-0.1, -0.05) is 6.07 Å². The zero-order valence-electron chi connectivity index (χ0n) is 21.2. The number of hydrogen-bond donors (Lipinski definition) is 6. The van der Waals surface area contributed by atoms with Crippen LogP contribution in [0.3, 0.4) is 0 Å². The summed E-state index contributed by atoms with van der Waals surface area (Å²) in [6.07, 6.45) is 0. The minimum Gasteiger partial charge on any atom is -0.368 e. The molecule has 3 aromatic rings. The average molecular weight is 569 g/mol. The number of hydrogen-bond acceptors (Lipinski definition) is 6. The largest absolute Gasteiger partial charge is 0.368 e. The maximum atomic E-state index is 12.6. The molecule has 2 aliphatic heterocycles. The number of rotatable bonds is 6. The zero-order valence-corrected chi connectivity index (χ0v) is 22.8. The number of amides is 4. The summed E-state index contributed by atoms with van der Waals surface area (Å²) in [5, 5.41) is 17.8. The molecule has 0 unspecified atom stereocenters. The highest BCUT2D eigenvalue weighted by Crippen LogP contribution is 2.24. The van der Waals surface area contributed by atoms with Crippen molar-refractivity contribution in [3.05, 3.63) is 83.4 Å². The van der Waals surface area contributed by atoms with Gasteiger partial charge in [-0.25, -0.2) is 9.59 Å². The van der Waals surface area contributed by atoms with Crippen molar-refractivity contribution in [2.45, 2.75) is 6.92 Å². The summed E-state index contributed by atoms with van der Waals surface area (Å²) in [5.41, 5.74) is 5.19. The Balaban J connectivity index is 0.00000210. The molecule has 4 amide bonds. The molecule has 0 aliphatic carbocycles. The maximum absolute atomic E-state index is 12.6. The maximum Gasteiger partial charge on any atom is 0.323 e. The summed E-state index contributed by atoms with van der Waals surface area (Å²) < 4.78 is 0. The lowest BCUT2D eigenvalue weighted by molar-refractivity contribution is 0.261. The van der Waals surface area contributed by atoms with Crippen LogP contribution in [0.5, 0.6) is 0 Å². The van der Waals surface area contributed by atoms with Gasteiger partial charge in [0.1, 0.15) is 11.7 Å². The molecule has 0 saturated heterocycles. The van der Waals surface area contributed by atoms with Crippen molar-refractivity contribution >= 4 is 71.3 Å². The first-order valence-corrected chi connectivity index (χ1v) is 12.1. The molecule has 0 spiro atoms. The van der Waals surface area contributed by atoms with Gasteiger partial charge in [0.15, 0.2) is 0 Å². The smallest absolute Gasteiger partial charge is 0.323 e. The SMILES string of the molecule is Cc1c(NC(=O)Nc2ccc(C3=NCCN3)cc2)cccc1NC(=O)Nc1ccc(C2=NCCN2)cc1.Cl.Cl. The van der Waals surface area contributed by atoms with Gasteiger partial charge in [-0.3, -0.25) is 9.98 Å². The number of amidine groups is 2. The monoisotopic (exact) mass is 568 g/mol. The van der Waals surface area contributed by atoms with Crippen molar-refractivity contribution in [2.75, 3.05) is 47.4 Å². The second kappa shape index (κ2) is 13.5. The van der Waals surface area contributed by atoms with E-state index in [1.807, 2.05) is 55.5 Å². The first-order chi connectivity index (χ1) is 18.0. The Morgan fingerprint density at radius 1 is 0.641 bits per heavy atom. The Hall–Kier alpha value is -4.28. The molecule has 0 bridgehead atoms. The van der Waals surface area contributed by atoms with Crippen molar-refractivity contribution in [1.29, 1.82) is 0 Å². The number of nitrogens with zero attached hydrogens (tertiary/aromatic N) is 2. The van der Waals surface area contributed by atoms with Gasteiger partial charge in [-0.15, -0.1) is 24.8 Å². The van der Waals surface area contributed by atoms with Crippen molar-refractivity contribution < 1.29 is 9.59 Å². The highest BCUT2D eigenvalue weighted by atomic mass is 35.5. The van der Waals surface area contributed by atoms with Crippen LogP contribution >= 0.6 is 24.8 Å². The lowest BCUT2D eigenvalue weighted by Crippen LogP contribution is -2.22. The summed E-state index contributed by atoms with van der Waals surface area (Å²) in [4.78, 5) is 34.0. The Bertz CT molecular complexity index is 1270. The van der Waals surface area contributed by atoms with Crippen molar-refractivity contribution in [2.24, 2.45) is 9.98 Å². The van der Waals surface area contributed by atoms with Gasteiger partial charge in [0.2, 0.25) is 0 Å². The molecule has 2 aliphatic rings. The summed E-state index contributed by atoms with van der Waals surface area (Å²) in [7, 11) is 0. The van der Waals surface area contributed by atoms with Crippen molar-refractivity contribution in [1.82, 2.24) is 10.6 Å². The third-order valence-electron chi connectivity index (χ3n) is 6.01. The quantitative estimate of drug-likeness (QED) is 0.254. The van der Waals surface area contributed by atoms with Crippen LogP contribution in [0.15, 0.2) is 76.7 Å². The Morgan fingerprint density at radius 3 is 1.41 bits per heavy atom. The predicted octanol–water partition coefficient (Wildman–Crippen LogP) is 4.83. The number of carbonyl (C=O) groups excluding carboxylic acids is 2. The molecule has 0 saturated carbocycles. The number of benzene rings is 3. The van der Waals surface area contributed by atoms with Crippen molar-refractivity contribution in [3.63, 3.8) is 0 Å². The molecule has 5 rings (SSSR count). The number of aliphatic imine (C=N–C) groups is 2. The molecule has 0 radical (unpaired) electrons. The third-order valence-corrected chi connectivity index (χ3v) is 6.01. The Kier molecular flexibility index (Phi) is 10.1. The molecule has 3 aromatic carbocycles. The van der Waals surface area contributed by atoms with Crippen molar-refractivity contribution in [3.8, 4) is 0 Å². The van der Waals surface area contributed by atoms with Crippen LogP contribution in [0.2, 0.25) is 0 Å². The lowest BCUT2D eigenvalue weighted by Gasteiger charge is -2.15. The number of nitrogens with one attached hydrogen (secondary N) is 6. The molecule has 10 nitrogen and oxygen atoms in total. The van der Waals surface area contributed by atoms with E-state index in [0.717, 1.165) is 54.5 Å². The molecule has 2 heterocycles. The van der Waals surface area contributed by atoms with Crippen LogP contribution < -0.4 is 31.9 Å². The van der Waals surface area contributed by atoms with E-state index in [1.165, 1.54) is 0 Å². The number of halogens is 2. The van der Waals surface area contributed by atoms with Gasteiger partial charge in [0.05, 0.1) is 13.1 Å². The van der Waals surface area contributed by atoms with Crippen LogP contribution in [0.4, 0.5) is 32.3 Å². The van der Waals surface area contributed by atoms with E-state index in [4.69, 9.17) is 0 Å². The summed E-state index contributed by atoms with van der Waals surface area (Å²) in [5.74, 6) is 1.74. The van der Waals surface area contributed by atoms with Gasteiger partial charge in [-0.2, -0.15) is 0 Å². The number of anilines is 4. The van der Waals surface area contributed by atoms with E-state index in [2.05, 4.69) is 41.9 Å². The summed E-state index contributed by atoms with van der Waals surface area (Å²) >= 11 is 0. The molecular formula is C27H30Cl2N8O2. The van der Waals surface area contributed by atoms with E-state index < -0.39 is 0 Å². The summed E-state index contributed by atoms with van der Waals surface area (Å²) in [6, 6.07) is 19.5. The molecular weight excluding hydrogens is 539 g/mol. The second-order valence-corrected chi connectivity index (χ2v) is 8.61. The Labute approximate surface area is 239 Å². The highest BCUT2D eigenvalue weighted by Gasteiger charge is 2.12. The van der Waals surface area contributed by atoms with Crippen LogP contribution in [0.1, 0.15) is 16.7 Å². The fourth-order valence-electron chi connectivity index (χ4n) is 4.08. The molecule has 6 N–H and O–H groups in total. The molecule has 12 heteroatoms. The van der Waals surface area contributed by atoms with Crippen LogP contribution in [0, 0.1) is 6.92 Å². The van der Waals surface area contributed by atoms with E-state index in [0.29, 0.717) is 22.7 Å². The molecule has 0 fully saturated rings. The van der Waals surface area contributed by atoms with Gasteiger partial charge in [0.25, 0.3) is 0 Å². The van der Waals surface area contributed by atoms with Gasteiger partial charge in [-0.05, 0) is 73.2 Å². The highest BCUT2D eigenvalue weighted by molar-refractivity contribution is 6.04. The number of urea groups is 2. The standard InChI is InChI=1S/C27H28N8O2.2ClH/c1-17-22(34-26(36)32-20-9-5-18(6-10-20)24-28-13-14-29-24)3-2-4-23(17)35-27(37)33-21-11-7-19(8-12-21)25-30-15-16-31-25;;/h2-12H,13-16H2,1H3,(H,28,29)(H,30,31)(H2,32,34,36)(H2,33,35,37);2*1H. The second-order valence-electron chi connectivity index (χ2n) is 8.61. The topological polar surface area (TPSA) is 131 Å². The molecule has 0 aromatic heterocycles. The van der Waals surface area contributed by atoms with Crippen LogP contribution in [0.25, 0.3) is 0 Å². The minimum absolute atomic E-state index is 0. The van der Waals surface area contributed by atoms with E-state index >= 15 is 0 Å². The predicted molar refractivity (Wildman–Crippen MR) is 163 cm³/mol. The van der Waals surface area contributed by atoms with Gasteiger partial charge in [0, 0.05) is 47.0 Å². The Morgan fingerprint density at radius 2 is 1.05 bits per heavy atom. The molecule has 39 heavy (non-hydrogen) atoms. The number of carbonyl (C=O) groups is 2. The fraction of sp³-hybridized carbons (Fsp3) is 0.185. The van der Waals surface area contributed by atoms with E-state index in [1.54, 1.807) is 18.2 Å². The lowest BCUT2D eigenvalue weighted by atomic mass is 10.1. The first-order valence-electron chi connectivity index (χ1n) is 12.1. The summed E-state index contributed by atoms with van der Waals surface area (Å²) in [6.45, 7) is 5.06. The minimum atomic E-state index is -0.379. The average Bonchev–Trinajstić information content (AvgIpc) is 3.62. The molecule has 0 atom stereocenters. The fourth-order valence-corrected chi connectivity index (χ4v) is 4.08. The van der Waals surface area contributed by atoms with E-state index in [-0.39, 0.29) is 36.9 Å². The van der Waals surface area contributed by atoms with E-state index in [9.17, 15) is 9.59 Å². The third kappa shape index (κ3) is 7.40. The normalized spacial score (nSPS) is 13.4. The first kappa shape index (κ1) is 29.3.